The monoisotopic (exact) mass is 166 g/mol. The largest absolute Gasteiger partial charge is 0.341 e. The number of amides is 1. The molecule has 1 amide bonds. The summed E-state index contributed by atoms with van der Waals surface area (Å²) in [5.41, 5.74) is 0. The minimum absolute atomic E-state index is 0.0191. The van der Waals surface area contributed by atoms with Gasteiger partial charge in [-0.3, -0.25) is 4.79 Å². The molecule has 1 aliphatic rings. The molecular formula is C9H14N2O. The molecule has 12 heavy (non-hydrogen) atoms. The topological polar surface area (TPSA) is 44.1 Å². The number of hydrogen-bond acceptors (Lipinski definition) is 2. The van der Waals surface area contributed by atoms with E-state index >= 15 is 0 Å². The van der Waals surface area contributed by atoms with Crippen LogP contribution in [0.4, 0.5) is 0 Å². The number of nitrogens with zero attached hydrogens (tertiary/aromatic N) is 2. The number of hydrogen-bond donors (Lipinski definition) is 0. The Kier molecular flexibility index (Phi) is 2.69. The molecular weight excluding hydrogens is 152 g/mol. The van der Waals surface area contributed by atoms with Gasteiger partial charge in [0.25, 0.3) is 0 Å². The van der Waals surface area contributed by atoms with Gasteiger partial charge in [-0.2, -0.15) is 5.26 Å². The number of carbonyl (C=O) groups is 1. The third-order valence-electron chi connectivity index (χ3n) is 2.44. The van der Waals surface area contributed by atoms with Crippen molar-refractivity contribution in [3.63, 3.8) is 0 Å². The first-order valence-electron chi connectivity index (χ1n) is 4.30. The summed E-state index contributed by atoms with van der Waals surface area (Å²) in [5, 5.41) is 8.28. The van der Waals surface area contributed by atoms with Crippen molar-refractivity contribution in [2.45, 2.75) is 20.3 Å². The van der Waals surface area contributed by atoms with Crippen LogP contribution >= 0.6 is 0 Å². The zero-order valence-corrected chi connectivity index (χ0v) is 7.58. The van der Waals surface area contributed by atoms with E-state index in [1.807, 2.05) is 6.07 Å². The van der Waals surface area contributed by atoms with E-state index in [9.17, 15) is 4.79 Å². The Bertz CT molecular complexity index is 211. The Hall–Kier alpha value is -1.04. The summed E-state index contributed by atoms with van der Waals surface area (Å²) in [4.78, 5) is 12.9. The van der Waals surface area contributed by atoms with Crippen LogP contribution in [0.15, 0.2) is 0 Å². The standard InChI is InChI=1S/C9H14N2O/c1-7(2)8-5-11(6-8)9(12)3-4-10/h7-8H,3,5-6H2,1-2H3. The van der Waals surface area contributed by atoms with Gasteiger partial charge in [0.2, 0.25) is 5.91 Å². The van der Waals surface area contributed by atoms with Gasteiger partial charge >= 0.3 is 0 Å². The normalized spacial score (nSPS) is 17.3. The van der Waals surface area contributed by atoms with Crippen LogP contribution in [0.5, 0.6) is 0 Å². The fourth-order valence-electron chi connectivity index (χ4n) is 1.32. The fourth-order valence-corrected chi connectivity index (χ4v) is 1.32. The predicted octanol–water partition coefficient (Wildman–Crippen LogP) is 1.01. The maximum atomic E-state index is 11.1. The van der Waals surface area contributed by atoms with Crippen LogP contribution in [0, 0.1) is 23.2 Å². The van der Waals surface area contributed by atoms with Gasteiger partial charge in [-0.25, -0.2) is 0 Å². The molecule has 0 aliphatic carbocycles. The van der Waals surface area contributed by atoms with Crippen molar-refractivity contribution in [2.75, 3.05) is 13.1 Å². The van der Waals surface area contributed by atoms with E-state index in [1.54, 1.807) is 4.90 Å². The van der Waals surface area contributed by atoms with E-state index < -0.39 is 0 Å². The summed E-state index contributed by atoms with van der Waals surface area (Å²) < 4.78 is 0. The summed E-state index contributed by atoms with van der Waals surface area (Å²) in [7, 11) is 0. The SMILES string of the molecule is CC(C)C1CN(C(=O)CC#N)C1. The van der Waals surface area contributed by atoms with Gasteiger partial charge in [-0.15, -0.1) is 0 Å². The highest BCUT2D eigenvalue weighted by molar-refractivity contribution is 5.78. The second-order valence-corrected chi connectivity index (χ2v) is 3.64. The van der Waals surface area contributed by atoms with Gasteiger partial charge in [-0.1, -0.05) is 13.8 Å². The summed E-state index contributed by atoms with van der Waals surface area (Å²) >= 11 is 0. The minimum Gasteiger partial charge on any atom is -0.341 e. The molecule has 3 heteroatoms. The van der Waals surface area contributed by atoms with Crippen molar-refractivity contribution in [3.05, 3.63) is 0 Å². The second kappa shape index (κ2) is 3.57. The van der Waals surface area contributed by atoms with Crippen LogP contribution in [0.1, 0.15) is 20.3 Å². The lowest BCUT2D eigenvalue weighted by Gasteiger charge is -2.41. The highest BCUT2D eigenvalue weighted by atomic mass is 16.2. The van der Waals surface area contributed by atoms with E-state index in [4.69, 9.17) is 5.26 Å². The highest BCUT2D eigenvalue weighted by Crippen LogP contribution is 2.23. The molecule has 0 aromatic heterocycles. The molecule has 0 N–H and O–H groups in total. The van der Waals surface area contributed by atoms with Gasteiger partial charge in [0.15, 0.2) is 0 Å². The van der Waals surface area contributed by atoms with E-state index in [2.05, 4.69) is 13.8 Å². The van der Waals surface area contributed by atoms with Crippen molar-refractivity contribution in [1.82, 2.24) is 4.90 Å². The first kappa shape index (κ1) is 9.05. The van der Waals surface area contributed by atoms with Gasteiger partial charge in [0.05, 0.1) is 6.07 Å². The van der Waals surface area contributed by atoms with Crippen molar-refractivity contribution in [3.8, 4) is 6.07 Å². The summed E-state index contributed by atoms with van der Waals surface area (Å²) in [5.74, 6) is 1.28. The van der Waals surface area contributed by atoms with Gasteiger partial charge < -0.3 is 4.90 Å². The molecule has 1 heterocycles. The first-order chi connectivity index (χ1) is 5.65. The molecule has 1 aliphatic heterocycles. The third kappa shape index (κ3) is 1.76. The maximum absolute atomic E-state index is 11.1. The minimum atomic E-state index is -0.0191. The molecule has 0 atom stereocenters. The number of rotatable bonds is 2. The lowest BCUT2D eigenvalue weighted by molar-refractivity contribution is -0.137. The first-order valence-corrected chi connectivity index (χ1v) is 4.30. The molecule has 0 aromatic rings. The van der Waals surface area contributed by atoms with E-state index in [-0.39, 0.29) is 12.3 Å². The average Bonchev–Trinajstić information content (AvgIpc) is 1.82. The molecule has 0 saturated carbocycles. The van der Waals surface area contributed by atoms with Gasteiger partial charge in [0.1, 0.15) is 6.42 Å². The lowest BCUT2D eigenvalue weighted by atomic mass is 9.88. The fraction of sp³-hybridized carbons (Fsp3) is 0.778. The Labute approximate surface area is 73.0 Å². The smallest absolute Gasteiger partial charge is 0.236 e. The van der Waals surface area contributed by atoms with Crippen LogP contribution in [0.2, 0.25) is 0 Å². The summed E-state index contributed by atoms with van der Waals surface area (Å²) in [6.07, 6.45) is 0.0326. The predicted molar refractivity (Wildman–Crippen MR) is 45.1 cm³/mol. The Morgan fingerprint density at radius 3 is 2.67 bits per heavy atom. The van der Waals surface area contributed by atoms with E-state index in [0.29, 0.717) is 11.8 Å². The molecule has 1 fully saturated rings. The number of carbonyl (C=O) groups excluding carboxylic acids is 1. The Morgan fingerprint density at radius 1 is 1.67 bits per heavy atom. The molecule has 0 unspecified atom stereocenters. The molecule has 0 aromatic carbocycles. The molecule has 0 bridgehead atoms. The van der Waals surface area contributed by atoms with Gasteiger partial charge in [0, 0.05) is 13.1 Å². The Balaban J connectivity index is 2.26. The Morgan fingerprint density at radius 2 is 2.25 bits per heavy atom. The van der Waals surface area contributed by atoms with Crippen molar-refractivity contribution in [1.29, 1.82) is 5.26 Å². The lowest BCUT2D eigenvalue weighted by Crippen LogP contribution is -2.51. The summed E-state index contributed by atoms with van der Waals surface area (Å²) in [6.45, 7) is 6.02. The summed E-state index contributed by atoms with van der Waals surface area (Å²) in [6, 6.07) is 1.87. The van der Waals surface area contributed by atoms with Crippen LogP contribution in [-0.4, -0.2) is 23.9 Å². The average molecular weight is 166 g/mol. The van der Waals surface area contributed by atoms with E-state index in [1.165, 1.54) is 0 Å². The molecule has 0 radical (unpaired) electrons. The van der Waals surface area contributed by atoms with Gasteiger partial charge in [-0.05, 0) is 11.8 Å². The van der Waals surface area contributed by atoms with Crippen molar-refractivity contribution < 1.29 is 4.79 Å². The third-order valence-corrected chi connectivity index (χ3v) is 2.44. The number of likely N-dealkylation sites (tertiary alicyclic amines) is 1. The maximum Gasteiger partial charge on any atom is 0.236 e. The van der Waals surface area contributed by atoms with Crippen LogP contribution in [0.3, 0.4) is 0 Å². The van der Waals surface area contributed by atoms with Crippen LogP contribution in [0.25, 0.3) is 0 Å². The zero-order chi connectivity index (χ0) is 9.14. The quantitative estimate of drug-likeness (QED) is 0.614. The van der Waals surface area contributed by atoms with E-state index in [0.717, 1.165) is 13.1 Å². The number of nitriles is 1. The van der Waals surface area contributed by atoms with Crippen molar-refractivity contribution in [2.24, 2.45) is 11.8 Å². The van der Waals surface area contributed by atoms with Crippen LogP contribution < -0.4 is 0 Å². The zero-order valence-electron chi connectivity index (χ0n) is 7.58. The second-order valence-electron chi connectivity index (χ2n) is 3.64. The molecule has 0 spiro atoms. The molecule has 3 nitrogen and oxygen atoms in total. The molecule has 66 valence electrons. The molecule has 1 saturated heterocycles. The van der Waals surface area contributed by atoms with Crippen LogP contribution in [-0.2, 0) is 4.79 Å². The van der Waals surface area contributed by atoms with Crippen molar-refractivity contribution >= 4 is 5.91 Å². The molecule has 1 rings (SSSR count). The highest BCUT2D eigenvalue weighted by Gasteiger charge is 2.31.